The molecule has 0 aromatic heterocycles. The summed E-state index contributed by atoms with van der Waals surface area (Å²) in [5.74, 6) is 3.47. The Bertz CT molecular complexity index is 434. The molecule has 0 radical (unpaired) electrons. The fourth-order valence-electron chi connectivity index (χ4n) is 5.55. The van der Waals surface area contributed by atoms with E-state index >= 15 is 0 Å². The molecule has 2 heteroatoms. The van der Waals surface area contributed by atoms with E-state index in [4.69, 9.17) is 0 Å². The highest BCUT2D eigenvalue weighted by Gasteiger charge is 2.37. The van der Waals surface area contributed by atoms with Crippen molar-refractivity contribution in [2.75, 3.05) is 13.1 Å². The van der Waals surface area contributed by atoms with Crippen LogP contribution in [0.4, 0.5) is 0 Å². The highest BCUT2D eigenvalue weighted by molar-refractivity contribution is 5.73. The summed E-state index contributed by atoms with van der Waals surface area (Å²) in [6.07, 6.45) is 8.35. The molecule has 1 heterocycles. The zero-order valence-corrected chi connectivity index (χ0v) is 17.3. The minimum absolute atomic E-state index is 0.253. The minimum Gasteiger partial charge on any atom is -0.342 e. The van der Waals surface area contributed by atoms with E-state index in [1.807, 2.05) is 0 Å². The predicted molar refractivity (Wildman–Crippen MR) is 103 cm³/mol. The van der Waals surface area contributed by atoms with E-state index in [0.29, 0.717) is 22.7 Å². The Balaban J connectivity index is 1.83. The first-order valence-corrected chi connectivity index (χ1v) is 10.2. The van der Waals surface area contributed by atoms with Crippen LogP contribution in [0.2, 0.25) is 0 Å². The Morgan fingerprint density at radius 2 is 1.54 bits per heavy atom. The van der Waals surface area contributed by atoms with Gasteiger partial charge in [0.2, 0.25) is 5.91 Å². The van der Waals surface area contributed by atoms with Gasteiger partial charge in [-0.05, 0) is 60.2 Å². The Kier molecular flexibility index (Phi) is 6.08. The van der Waals surface area contributed by atoms with Gasteiger partial charge in [0.1, 0.15) is 0 Å². The molecular formula is C22H41NO. The smallest absolute Gasteiger partial charge is 0.219 e. The van der Waals surface area contributed by atoms with E-state index in [0.717, 1.165) is 24.9 Å². The molecule has 24 heavy (non-hydrogen) atoms. The van der Waals surface area contributed by atoms with Crippen LogP contribution in [0.15, 0.2) is 0 Å². The van der Waals surface area contributed by atoms with Crippen molar-refractivity contribution >= 4 is 5.91 Å². The molecule has 0 aromatic carbocycles. The second kappa shape index (κ2) is 7.38. The van der Waals surface area contributed by atoms with Gasteiger partial charge in [-0.3, -0.25) is 4.79 Å². The summed E-state index contributed by atoms with van der Waals surface area (Å²) < 4.78 is 0. The lowest BCUT2D eigenvalue weighted by atomic mass is 9.73. The van der Waals surface area contributed by atoms with Crippen LogP contribution in [-0.4, -0.2) is 23.9 Å². The summed E-state index contributed by atoms with van der Waals surface area (Å²) in [6.45, 7) is 18.1. The third kappa shape index (κ3) is 5.77. The molecule has 4 atom stereocenters. The first kappa shape index (κ1) is 19.8. The number of rotatable bonds is 5. The van der Waals surface area contributed by atoms with Crippen molar-refractivity contribution in [3.05, 3.63) is 0 Å². The minimum atomic E-state index is 0.253. The van der Waals surface area contributed by atoms with E-state index in [9.17, 15) is 4.79 Å². The zero-order valence-electron chi connectivity index (χ0n) is 17.3. The van der Waals surface area contributed by atoms with Gasteiger partial charge >= 0.3 is 0 Å². The molecule has 2 aliphatic rings. The van der Waals surface area contributed by atoms with Gasteiger partial charge in [0.05, 0.1) is 0 Å². The number of hydrogen-bond donors (Lipinski definition) is 0. The third-order valence-corrected chi connectivity index (χ3v) is 6.42. The standard InChI is InChI=1S/C22H41NO/c1-16-14-23(17(2)24)15-20(16)13-22(6,7)12-19-9-8-18(10-19)11-21(3,4)5/h16,18-20H,8-15H2,1-7H3/t16-,18?,19?,20-/m0/s1. The van der Waals surface area contributed by atoms with Gasteiger partial charge < -0.3 is 4.90 Å². The number of carbonyl (C=O) groups excluding carboxylic acids is 1. The molecule has 0 aromatic rings. The predicted octanol–water partition coefficient (Wildman–Crippen LogP) is 5.76. The number of hydrogen-bond acceptors (Lipinski definition) is 1. The maximum absolute atomic E-state index is 11.7. The molecule has 0 spiro atoms. The molecule has 1 saturated heterocycles. The van der Waals surface area contributed by atoms with Crippen molar-refractivity contribution in [3.63, 3.8) is 0 Å². The molecule has 2 nitrogen and oxygen atoms in total. The summed E-state index contributed by atoms with van der Waals surface area (Å²) in [5, 5.41) is 0. The van der Waals surface area contributed by atoms with Gasteiger partial charge in [-0.15, -0.1) is 0 Å². The van der Waals surface area contributed by atoms with Crippen LogP contribution in [0.1, 0.15) is 87.0 Å². The number of carbonyl (C=O) groups is 1. The Labute approximate surface area is 150 Å². The maximum atomic E-state index is 11.7. The van der Waals surface area contributed by atoms with Gasteiger partial charge in [-0.2, -0.15) is 0 Å². The number of nitrogens with zero attached hydrogens (tertiary/aromatic N) is 1. The first-order valence-electron chi connectivity index (χ1n) is 10.2. The van der Waals surface area contributed by atoms with Crippen LogP contribution < -0.4 is 0 Å². The lowest BCUT2D eigenvalue weighted by molar-refractivity contribution is -0.128. The Morgan fingerprint density at radius 3 is 2.04 bits per heavy atom. The summed E-state index contributed by atoms with van der Waals surface area (Å²) in [5.41, 5.74) is 0.886. The lowest BCUT2D eigenvalue weighted by Gasteiger charge is -2.32. The third-order valence-electron chi connectivity index (χ3n) is 6.42. The molecule has 1 aliphatic heterocycles. The van der Waals surface area contributed by atoms with Crippen LogP contribution >= 0.6 is 0 Å². The fraction of sp³-hybridized carbons (Fsp3) is 0.955. The number of amides is 1. The topological polar surface area (TPSA) is 20.3 Å². The second-order valence-corrected chi connectivity index (χ2v) is 11.0. The van der Waals surface area contributed by atoms with Gasteiger partial charge in [-0.25, -0.2) is 0 Å². The van der Waals surface area contributed by atoms with Crippen molar-refractivity contribution in [3.8, 4) is 0 Å². The van der Waals surface area contributed by atoms with Crippen molar-refractivity contribution in [2.45, 2.75) is 87.0 Å². The van der Waals surface area contributed by atoms with Crippen LogP contribution in [0.25, 0.3) is 0 Å². The van der Waals surface area contributed by atoms with Gasteiger partial charge in [-0.1, -0.05) is 54.4 Å². The SMILES string of the molecule is CC(=O)N1C[C@H](CC(C)(C)CC2CCC(CC(C)(C)C)C2)[C@@H](C)C1. The Hall–Kier alpha value is -0.530. The largest absolute Gasteiger partial charge is 0.342 e. The molecule has 0 N–H and O–H groups in total. The monoisotopic (exact) mass is 335 g/mol. The lowest BCUT2D eigenvalue weighted by Crippen LogP contribution is -2.27. The van der Waals surface area contributed by atoms with Crippen LogP contribution in [-0.2, 0) is 4.79 Å². The van der Waals surface area contributed by atoms with E-state index in [1.54, 1.807) is 6.92 Å². The van der Waals surface area contributed by atoms with Crippen LogP contribution in [0, 0.1) is 34.5 Å². The molecule has 1 amide bonds. The summed E-state index contributed by atoms with van der Waals surface area (Å²) in [4.78, 5) is 13.7. The Morgan fingerprint density at radius 1 is 0.958 bits per heavy atom. The number of likely N-dealkylation sites (tertiary alicyclic amines) is 1. The second-order valence-electron chi connectivity index (χ2n) is 11.0. The molecule has 2 rings (SSSR count). The van der Waals surface area contributed by atoms with E-state index in [2.05, 4.69) is 46.4 Å². The summed E-state index contributed by atoms with van der Waals surface area (Å²) in [7, 11) is 0. The fourth-order valence-corrected chi connectivity index (χ4v) is 5.55. The van der Waals surface area contributed by atoms with Gasteiger partial charge in [0.25, 0.3) is 0 Å². The van der Waals surface area contributed by atoms with Crippen LogP contribution in [0.5, 0.6) is 0 Å². The molecule has 2 unspecified atom stereocenters. The summed E-state index contributed by atoms with van der Waals surface area (Å²) >= 11 is 0. The average Bonchev–Trinajstić information content (AvgIpc) is 2.94. The van der Waals surface area contributed by atoms with Crippen molar-refractivity contribution in [1.29, 1.82) is 0 Å². The molecule has 1 aliphatic carbocycles. The van der Waals surface area contributed by atoms with Gasteiger partial charge in [0, 0.05) is 20.0 Å². The van der Waals surface area contributed by atoms with Crippen molar-refractivity contribution in [1.82, 2.24) is 4.90 Å². The highest BCUT2D eigenvalue weighted by atomic mass is 16.2. The van der Waals surface area contributed by atoms with Crippen LogP contribution in [0.3, 0.4) is 0 Å². The molecule has 2 fully saturated rings. The van der Waals surface area contributed by atoms with Crippen molar-refractivity contribution in [2.24, 2.45) is 34.5 Å². The zero-order chi connectivity index (χ0) is 18.1. The van der Waals surface area contributed by atoms with E-state index < -0.39 is 0 Å². The van der Waals surface area contributed by atoms with Gasteiger partial charge in [0.15, 0.2) is 0 Å². The molecule has 1 saturated carbocycles. The molecular weight excluding hydrogens is 294 g/mol. The molecule has 0 bridgehead atoms. The first-order chi connectivity index (χ1) is 11.0. The highest BCUT2D eigenvalue weighted by Crippen LogP contribution is 2.45. The maximum Gasteiger partial charge on any atom is 0.219 e. The van der Waals surface area contributed by atoms with Crippen molar-refractivity contribution < 1.29 is 4.79 Å². The quantitative estimate of drug-likeness (QED) is 0.625. The molecule has 140 valence electrons. The normalized spacial score (nSPS) is 31.7. The summed E-state index contributed by atoms with van der Waals surface area (Å²) in [6, 6.07) is 0. The average molecular weight is 336 g/mol. The van der Waals surface area contributed by atoms with E-state index in [-0.39, 0.29) is 5.91 Å². The van der Waals surface area contributed by atoms with E-state index in [1.165, 1.54) is 38.5 Å².